The molecule has 0 atom stereocenters. The molecule has 6 nitrogen and oxygen atoms in total. The van der Waals surface area contributed by atoms with Crippen LogP contribution in [-0.2, 0) is 0 Å². The number of hydrogen-bond donors (Lipinski definition) is 2. The molecule has 20 heavy (non-hydrogen) atoms. The van der Waals surface area contributed by atoms with Gasteiger partial charge in [0, 0.05) is 51.0 Å². The van der Waals surface area contributed by atoms with E-state index in [2.05, 4.69) is 33.8 Å². The van der Waals surface area contributed by atoms with Gasteiger partial charge in [0.15, 0.2) is 0 Å². The van der Waals surface area contributed by atoms with Crippen molar-refractivity contribution in [1.29, 1.82) is 5.41 Å². The molecule has 0 aliphatic carbocycles. The predicted octanol–water partition coefficient (Wildman–Crippen LogP) is 0.0493. The van der Waals surface area contributed by atoms with E-state index in [9.17, 15) is 0 Å². The van der Waals surface area contributed by atoms with Crippen LogP contribution in [0.4, 0.5) is 5.69 Å². The molecule has 1 aromatic rings. The van der Waals surface area contributed by atoms with E-state index in [1.165, 1.54) is 0 Å². The zero-order chi connectivity index (χ0) is 14.5. The molecule has 110 valence electrons. The highest BCUT2D eigenvalue weighted by atomic mass is 15.3. The zero-order valence-corrected chi connectivity index (χ0v) is 12.3. The van der Waals surface area contributed by atoms with E-state index in [1.807, 2.05) is 12.3 Å². The van der Waals surface area contributed by atoms with Crippen LogP contribution in [0.3, 0.4) is 0 Å². The zero-order valence-electron chi connectivity index (χ0n) is 12.3. The Labute approximate surface area is 120 Å². The molecule has 2 rings (SSSR count). The van der Waals surface area contributed by atoms with Crippen LogP contribution in [-0.4, -0.2) is 74.0 Å². The topological polar surface area (TPSA) is 72.5 Å². The first-order chi connectivity index (χ1) is 9.58. The Morgan fingerprint density at radius 1 is 1.35 bits per heavy atom. The quantitative estimate of drug-likeness (QED) is 0.587. The number of nitrogens with two attached hydrogens (primary N) is 1. The number of piperazine rings is 1. The SMILES string of the molecule is CN(C)CCN1CCN(c2cnccc2C(=N)N)CC1. The number of nitrogen functional groups attached to an aromatic ring is 1. The highest BCUT2D eigenvalue weighted by Gasteiger charge is 2.19. The maximum absolute atomic E-state index is 7.66. The molecule has 0 amide bonds. The molecule has 1 aliphatic rings. The summed E-state index contributed by atoms with van der Waals surface area (Å²) in [7, 11) is 4.20. The molecule has 6 heteroatoms. The Morgan fingerprint density at radius 2 is 2.05 bits per heavy atom. The first kappa shape index (κ1) is 14.7. The van der Waals surface area contributed by atoms with Gasteiger partial charge in [-0.1, -0.05) is 0 Å². The van der Waals surface area contributed by atoms with Gasteiger partial charge in [0.1, 0.15) is 5.84 Å². The van der Waals surface area contributed by atoms with Crippen LogP contribution in [0.25, 0.3) is 0 Å². The lowest BCUT2D eigenvalue weighted by Gasteiger charge is -2.37. The second kappa shape index (κ2) is 6.67. The number of likely N-dealkylation sites (N-methyl/N-ethyl adjacent to an activating group) is 1. The monoisotopic (exact) mass is 276 g/mol. The van der Waals surface area contributed by atoms with Crippen molar-refractivity contribution in [2.24, 2.45) is 5.73 Å². The van der Waals surface area contributed by atoms with E-state index < -0.39 is 0 Å². The second-order valence-electron chi connectivity index (χ2n) is 5.44. The lowest BCUT2D eigenvalue weighted by molar-refractivity contribution is 0.229. The lowest BCUT2D eigenvalue weighted by Crippen LogP contribution is -2.48. The minimum Gasteiger partial charge on any atom is -0.384 e. The second-order valence-corrected chi connectivity index (χ2v) is 5.44. The summed E-state index contributed by atoms with van der Waals surface area (Å²) in [6.45, 7) is 6.19. The van der Waals surface area contributed by atoms with Gasteiger partial charge in [0.05, 0.1) is 11.9 Å². The summed E-state index contributed by atoms with van der Waals surface area (Å²) in [6.07, 6.45) is 3.50. The van der Waals surface area contributed by atoms with Gasteiger partial charge in [-0.05, 0) is 20.2 Å². The smallest absolute Gasteiger partial charge is 0.125 e. The molecule has 1 aliphatic heterocycles. The predicted molar refractivity (Wildman–Crippen MR) is 82.5 cm³/mol. The van der Waals surface area contributed by atoms with Crippen LogP contribution in [0.2, 0.25) is 0 Å². The van der Waals surface area contributed by atoms with E-state index in [0.717, 1.165) is 50.5 Å². The van der Waals surface area contributed by atoms with Crippen LogP contribution in [0, 0.1) is 5.41 Å². The third-order valence-corrected chi connectivity index (χ3v) is 3.67. The average molecular weight is 276 g/mol. The summed E-state index contributed by atoms with van der Waals surface area (Å²) < 4.78 is 0. The summed E-state index contributed by atoms with van der Waals surface area (Å²) >= 11 is 0. The van der Waals surface area contributed by atoms with Gasteiger partial charge in [-0.2, -0.15) is 0 Å². The van der Waals surface area contributed by atoms with Crippen molar-refractivity contribution < 1.29 is 0 Å². The number of aromatic nitrogens is 1. The Bertz CT molecular complexity index is 451. The molecule has 0 aromatic carbocycles. The molecule has 0 saturated carbocycles. The minimum atomic E-state index is 0.109. The van der Waals surface area contributed by atoms with Gasteiger partial charge in [-0.3, -0.25) is 15.3 Å². The number of anilines is 1. The van der Waals surface area contributed by atoms with Gasteiger partial charge in [0.25, 0.3) is 0 Å². The molecule has 1 fully saturated rings. The highest BCUT2D eigenvalue weighted by Crippen LogP contribution is 2.20. The number of pyridine rings is 1. The van der Waals surface area contributed by atoms with Crippen molar-refractivity contribution in [2.45, 2.75) is 0 Å². The Morgan fingerprint density at radius 3 is 2.65 bits per heavy atom. The number of rotatable bonds is 5. The van der Waals surface area contributed by atoms with Crippen molar-refractivity contribution in [3.05, 3.63) is 24.0 Å². The fourth-order valence-corrected chi connectivity index (χ4v) is 2.42. The maximum atomic E-state index is 7.66. The number of nitrogens with one attached hydrogen (secondary N) is 1. The van der Waals surface area contributed by atoms with Gasteiger partial charge in [-0.25, -0.2) is 0 Å². The van der Waals surface area contributed by atoms with Crippen LogP contribution in [0.1, 0.15) is 5.56 Å². The summed E-state index contributed by atoms with van der Waals surface area (Å²) in [5.74, 6) is 0.109. The molecular formula is C14H24N6. The Balaban J connectivity index is 1.95. The van der Waals surface area contributed by atoms with Crippen molar-refractivity contribution >= 4 is 11.5 Å². The standard InChI is InChI=1S/C14H24N6/c1-18(2)5-6-19-7-9-20(10-8-19)13-11-17-4-3-12(13)14(15)16/h3-4,11H,5-10H2,1-2H3,(H3,15,16). The van der Waals surface area contributed by atoms with E-state index in [4.69, 9.17) is 11.1 Å². The van der Waals surface area contributed by atoms with Crippen LogP contribution < -0.4 is 10.6 Å². The van der Waals surface area contributed by atoms with E-state index in [-0.39, 0.29) is 5.84 Å². The Kier molecular flexibility index (Phi) is 4.92. The normalized spacial score (nSPS) is 16.6. The summed E-state index contributed by atoms with van der Waals surface area (Å²) in [5.41, 5.74) is 7.40. The van der Waals surface area contributed by atoms with E-state index in [0.29, 0.717) is 0 Å². The van der Waals surface area contributed by atoms with Crippen molar-refractivity contribution in [1.82, 2.24) is 14.8 Å². The van der Waals surface area contributed by atoms with E-state index >= 15 is 0 Å². The molecule has 3 N–H and O–H groups in total. The molecule has 0 unspecified atom stereocenters. The average Bonchev–Trinajstić information content (AvgIpc) is 2.45. The largest absolute Gasteiger partial charge is 0.384 e. The van der Waals surface area contributed by atoms with Crippen LogP contribution in [0.5, 0.6) is 0 Å². The molecule has 2 heterocycles. The number of hydrogen-bond acceptors (Lipinski definition) is 5. The number of nitrogens with zero attached hydrogens (tertiary/aromatic N) is 4. The van der Waals surface area contributed by atoms with Gasteiger partial charge >= 0.3 is 0 Å². The minimum absolute atomic E-state index is 0.109. The van der Waals surface area contributed by atoms with Crippen LogP contribution >= 0.6 is 0 Å². The summed E-state index contributed by atoms with van der Waals surface area (Å²) in [5, 5.41) is 7.66. The van der Waals surface area contributed by atoms with Crippen molar-refractivity contribution in [3.63, 3.8) is 0 Å². The van der Waals surface area contributed by atoms with Crippen LogP contribution in [0.15, 0.2) is 18.5 Å². The summed E-state index contributed by atoms with van der Waals surface area (Å²) in [6, 6.07) is 1.82. The third kappa shape index (κ3) is 3.68. The first-order valence-corrected chi connectivity index (χ1v) is 6.98. The molecule has 1 aromatic heterocycles. The molecule has 0 bridgehead atoms. The van der Waals surface area contributed by atoms with Crippen molar-refractivity contribution in [2.75, 3.05) is 58.3 Å². The maximum Gasteiger partial charge on any atom is 0.125 e. The van der Waals surface area contributed by atoms with Crippen molar-refractivity contribution in [3.8, 4) is 0 Å². The highest BCUT2D eigenvalue weighted by molar-refractivity contribution is 6.00. The van der Waals surface area contributed by atoms with E-state index in [1.54, 1.807) is 6.20 Å². The van der Waals surface area contributed by atoms with Gasteiger partial charge < -0.3 is 15.5 Å². The summed E-state index contributed by atoms with van der Waals surface area (Å²) in [4.78, 5) is 11.1. The van der Waals surface area contributed by atoms with Gasteiger partial charge in [0.2, 0.25) is 0 Å². The molecular weight excluding hydrogens is 252 g/mol. The third-order valence-electron chi connectivity index (χ3n) is 3.67. The fourth-order valence-electron chi connectivity index (χ4n) is 2.42. The fraction of sp³-hybridized carbons (Fsp3) is 0.571. The number of amidine groups is 1. The first-order valence-electron chi connectivity index (χ1n) is 6.98. The Hall–Kier alpha value is -1.66. The molecule has 0 radical (unpaired) electrons. The lowest BCUT2D eigenvalue weighted by atomic mass is 10.1. The molecule has 1 saturated heterocycles. The van der Waals surface area contributed by atoms with Gasteiger partial charge in [-0.15, -0.1) is 0 Å². The molecule has 0 spiro atoms.